The van der Waals surface area contributed by atoms with Crippen LogP contribution in [-0.2, 0) is 4.74 Å². The van der Waals surface area contributed by atoms with Gasteiger partial charge in [-0.25, -0.2) is 0 Å². The number of rotatable bonds is 10. The molecule has 0 radical (unpaired) electrons. The van der Waals surface area contributed by atoms with Crippen LogP contribution < -0.4 is 14.2 Å². The topological polar surface area (TPSA) is 36.9 Å². The van der Waals surface area contributed by atoms with E-state index in [9.17, 15) is 0 Å². The Bertz CT molecular complexity index is 589. The van der Waals surface area contributed by atoms with Gasteiger partial charge in [-0.3, -0.25) is 0 Å². The van der Waals surface area contributed by atoms with Crippen molar-refractivity contribution in [2.75, 3.05) is 33.0 Å². The van der Waals surface area contributed by atoms with Crippen molar-refractivity contribution >= 4 is 11.6 Å². The van der Waals surface area contributed by atoms with Gasteiger partial charge in [-0.05, 0) is 37.3 Å². The Morgan fingerprint density at radius 3 is 1.91 bits per heavy atom. The zero-order valence-electron chi connectivity index (χ0n) is 13.2. The largest absolute Gasteiger partial charge is 0.494 e. The van der Waals surface area contributed by atoms with E-state index in [1.165, 1.54) is 0 Å². The predicted octanol–water partition coefficient (Wildman–Crippen LogP) is 4.21. The first kappa shape index (κ1) is 17.4. The van der Waals surface area contributed by atoms with Crippen LogP contribution in [0.15, 0.2) is 48.5 Å². The summed E-state index contributed by atoms with van der Waals surface area (Å²) in [5, 5.41) is 0.658. The van der Waals surface area contributed by atoms with Gasteiger partial charge in [0.25, 0.3) is 0 Å². The molecule has 0 fully saturated rings. The van der Waals surface area contributed by atoms with E-state index in [0.717, 1.165) is 17.2 Å². The summed E-state index contributed by atoms with van der Waals surface area (Å²) in [6.45, 7) is 4.53. The lowest BCUT2D eigenvalue weighted by Gasteiger charge is -2.10. The molecule has 0 heterocycles. The maximum absolute atomic E-state index is 5.88. The Balaban J connectivity index is 1.56. The van der Waals surface area contributed by atoms with Gasteiger partial charge in [0.2, 0.25) is 0 Å². The van der Waals surface area contributed by atoms with Gasteiger partial charge in [-0.2, -0.15) is 0 Å². The van der Waals surface area contributed by atoms with Crippen LogP contribution in [0, 0.1) is 0 Å². The molecule has 0 aliphatic heterocycles. The number of hydrogen-bond donors (Lipinski definition) is 0. The van der Waals surface area contributed by atoms with E-state index in [-0.39, 0.29) is 0 Å². The normalized spacial score (nSPS) is 10.3. The fourth-order valence-electron chi connectivity index (χ4n) is 1.92. The zero-order chi connectivity index (χ0) is 16.3. The highest BCUT2D eigenvalue weighted by atomic mass is 35.5. The van der Waals surface area contributed by atoms with E-state index in [2.05, 4.69) is 0 Å². The summed E-state index contributed by atoms with van der Waals surface area (Å²) in [5.41, 5.74) is 0. The molecule has 124 valence electrons. The molecule has 0 N–H and O–H groups in total. The monoisotopic (exact) mass is 336 g/mol. The van der Waals surface area contributed by atoms with Crippen molar-refractivity contribution < 1.29 is 18.9 Å². The SMILES string of the molecule is CCOc1cccc(OCCOCCOc2cccc(Cl)c2)c1. The molecule has 23 heavy (non-hydrogen) atoms. The van der Waals surface area contributed by atoms with E-state index >= 15 is 0 Å². The zero-order valence-corrected chi connectivity index (χ0v) is 13.9. The van der Waals surface area contributed by atoms with Gasteiger partial charge in [-0.15, -0.1) is 0 Å². The van der Waals surface area contributed by atoms with Crippen LogP contribution in [0.3, 0.4) is 0 Å². The summed E-state index contributed by atoms with van der Waals surface area (Å²) in [4.78, 5) is 0. The molecule has 0 spiro atoms. The second-order valence-electron chi connectivity index (χ2n) is 4.67. The molecule has 2 aromatic rings. The van der Waals surface area contributed by atoms with Crippen LogP contribution in [0.25, 0.3) is 0 Å². The molecule has 2 aromatic carbocycles. The lowest BCUT2D eigenvalue weighted by molar-refractivity contribution is 0.0763. The third kappa shape index (κ3) is 6.80. The van der Waals surface area contributed by atoms with Crippen LogP contribution in [0.2, 0.25) is 5.02 Å². The van der Waals surface area contributed by atoms with Gasteiger partial charge >= 0.3 is 0 Å². The molecule has 0 saturated heterocycles. The molecule has 2 rings (SSSR count). The van der Waals surface area contributed by atoms with Crippen LogP contribution in [-0.4, -0.2) is 33.0 Å². The molecule has 0 atom stereocenters. The van der Waals surface area contributed by atoms with E-state index in [4.69, 9.17) is 30.5 Å². The number of halogens is 1. The van der Waals surface area contributed by atoms with Gasteiger partial charge in [0, 0.05) is 11.1 Å². The smallest absolute Gasteiger partial charge is 0.123 e. The third-order valence-electron chi connectivity index (χ3n) is 2.91. The molecular formula is C18H21ClO4. The van der Waals surface area contributed by atoms with Gasteiger partial charge in [0.05, 0.1) is 19.8 Å². The van der Waals surface area contributed by atoms with E-state index in [1.54, 1.807) is 6.07 Å². The van der Waals surface area contributed by atoms with E-state index < -0.39 is 0 Å². The van der Waals surface area contributed by atoms with Crippen molar-refractivity contribution in [3.8, 4) is 17.2 Å². The Hall–Kier alpha value is -1.91. The fourth-order valence-corrected chi connectivity index (χ4v) is 2.10. The summed E-state index contributed by atoms with van der Waals surface area (Å²) < 4.78 is 22.0. The molecule has 0 amide bonds. The first-order valence-corrected chi connectivity index (χ1v) is 7.97. The molecule has 4 nitrogen and oxygen atoms in total. The minimum atomic E-state index is 0.472. The van der Waals surface area contributed by atoms with Crippen molar-refractivity contribution in [3.05, 3.63) is 53.6 Å². The second-order valence-corrected chi connectivity index (χ2v) is 5.11. The predicted molar refractivity (Wildman–Crippen MR) is 90.9 cm³/mol. The molecule has 0 aromatic heterocycles. The summed E-state index contributed by atoms with van der Waals surface area (Å²) in [7, 11) is 0. The highest BCUT2D eigenvalue weighted by Crippen LogP contribution is 2.19. The fraction of sp³-hybridized carbons (Fsp3) is 0.333. The van der Waals surface area contributed by atoms with Gasteiger partial charge in [0.15, 0.2) is 0 Å². The molecular weight excluding hydrogens is 316 g/mol. The van der Waals surface area contributed by atoms with Crippen molar-refractivity contribution in [1.29, 1.82) is 0 Å². The number of hydrogen-bond acceptors (Lipinski definition) is 4. The Morgan fingerprint density at radius 2 is 1.30 bits per heavy atom. The Kier molecular flexibility index (Phi) is 7.57. The number of ether oxygens (including phenoxy) is 4. The summed E-state index contributed by atoms with van der Waals surface area (Å²) in [6, 6.07) is 14.9. The molecule has 0 saturated carbocycles. The quantitative estimate of drug-likeness (QED) is 0.609. The maximum atomic E-state index is 5.88. The van der Waals surface area contributed by atoms with Crippen LogP contribution in [0.1, 0.15) is 6.92 Å². The molecule has 5 heteroatoms. The van der Waals surface area contributed by atoms with Crippen LogP contribution in [0.5, 0.6) is 17.2 Å². The highest BCUT2D eigenvalue weighted by Gasteiger charge is 1.98. The molecule has 0 bridgehead atoms. The van der Waals surface area contributed by atoms with Crippen LogP contribution in [0.4, 0.5) is 0 Å². The average Bonchev–Trinajstić information content (AvgIpc) is 2.55. The second kappa shape index (κ2) is 9.98. The number of benzene rings is 2. The standard InChI is InChI=1S/C18H21ClO4/c1-2-21-17-7-4-8-18(14-17)23-12-10-20-9-11-22-16-6-3-5-15(19)13-16/h3-8,13-14H,2,9-12H2,1H3. The summed E-state index contributed by atoms with van der Waals surface area (Å²) in [5.74, 6) is 2.32. The maximum Gasteiger partial charge on any atom is 0.123 e. The minimum Gasteiger partial charge on any atom is -0.494 e. The third-order valence-corrected chi connectivity index (χ3v) is 3.14. The van der Waals surface area contributed by atoms with Gasteiger partial charge in [-0.1, -0.05) is 23.7 Å². The Labute approximate surface area is 141 Å². The van der Waals surface area contributed by atoms with Crippen molar-refractivity contribution in [2.24, 2.45) is 0 Å². The molecule has 0 aliphatic rings. The van der Waals surface area contributed by atoms with Gasteiger partial charge < -0.3 is 18.9 Å². The summed E-state index contributed by atoms with van der Waals surface area (Å²) in [6.07, 6.45) is 0. The Morgan fingerprint density at radius 1 is 0.739 bits per heavy atom. The minimum absolute atomic E-state index is 0.472. The van der Waals surface area contributed by atoms with Gasteiger partial charge in [0.1, 0.15) is 30.5 Å². The lowest BCUT2D eigenvalue weighted by atomic mass is 10.3. The van der Waals surface area contributed by atoms with Crippen molar-refractivity contribution in [3.63, 3.8) is 0 Å². The van der Waals surface area contributed by atoms with Crippen molar-refractivity contribution in [1.82, 2.24) is 0 Å². The lowest BCUT2D eigenvalue weighted by Crippen LogP contribution is -2.12. The first-order chi connectivity index (χ1) is 11.3. The van der Waals surface area contributed by atoms with Crippen LogP contribution >= 0.6 is 11.6 Å². The van der Waals surface area contributed by atoms with Crippen molar-refractivity contribution in [2.45, 2.75) is 6.92 Å². The summed E-state index contributed by atoms with van der Waals surface area (Å²) >= 11 is 5.88. The average molecular weight is 337 g/mol. The first-order valence-electron chi connectivity index (χ1n) is 7.59. The highest BCUT2D eigenvalue weighted by molar-refractivity contribution is 6.30. The molecule has 0 unspecified atom stereocenters. The van der Waals surface area contributed by atoms with E-state index in [1.807, 2.05) is 49.4 Å². The molecule has 0 aliphatic carbocycles. The van der Waals surface area contributed by atoms with E-state index in [0.29, 0.717) is 38.1 Å².